The second-order valence-corrected chi connectivity index (χ2v) is 7.41. The van der Waals surface area contributed by atoms with Gasteiger partial charge in [0.05, 0.1) is 15.1 Å². The molecular formula is C16H16F3N3OS2. The molecule has 0 amide bonds. The fraction of sp³-hybridized carbons (Fsp3) is 0.375. The Kier molecular flexibility index (Phi) is 4.74. The lowest BCUT2D eigenvalue weighted by Gasteiger charge is -2.27. The van der Waals surface area contributed by atoms with Gasteiger partial charge in [-0.15, -0.1) is 11.3 Å². The quantitative estimate of drug-likeness (QED) is 0.705. The molecule has 0 aliphatic carbocycles. The molecule has 3 aromatic rings. The van der Waals surface area contributed by atoms with Crippen LogP contribution in [0.25, 0.3) is 10.2 Å². The van der Waals surface area contributed by atoms with Crippen LogP contribution in [0.3, 0.4) is 0 Å². The lowest BCUT2D eigenvalue weighted by molar-refractivity contribution is -0.247. The number of anilines is 1. The molecule has 0 radical (unpaired) electrons. The summed E-state index contributed by atoms with van der Waals surface area (Å²) in [6.45, 7) is 5.03. The van der Waals surface area contributed by atoms with E-state index in [0.29, 0.717) is 28.4 Å². The molecule has 0 bridgehead atoms. The van der Waals surface area contributed by atoms with Gasteiger partial charge in [0.2, 0.25) is 5.60 Å². The second kappa shape index (κ2) is 6.54. The van der Waals surface area contributed by atoms with E-state index in [1.165, 1.54) is 0 Å². The molecule has 3 rings (SSSR count). The van der Waals surface area contributed by atoms with Crippen LogP contribution in [0.2, 0.25) is 0 Å². The number of halogens is 3. The van der Waals surface area contributed by atoms with Crippen molar-refractivity contribution in [3.63, 3.8) is 0 Å². The number of benzene rings is 1. The predicted octanol–water partition coefficient (Wildman–Crippen LogP) is 4.40. The van der Waals surface area contributed by atoms with Gasteiger partial charge in [0, 0.05) is 19.3 Å². The van der Waals surface area contributed by atoms with Crippen molar-refractivity contribution in [3.8, 4) is 0 Å². The second-order valence-electron chi connectivity index (χ2n) is 5.37. The third-order valence-electron chi connectivity index (χ3n) is 3.90. The Balaban J connectivity index is 2.14. The van der Waals surface area contributed by atoms with E-state index in [-0.39, 0.29) is 4.88 Å². The number of hydrogen-bond donors (Lipinski definition) is 1. The van der Waals surface area contributed by atoms with Crippen LogP contribution in [-0.4, -0.2) is 34.3 Å². The summed E-state index contributed by atoms with van der Waals surface area (Å²) in [6, 6.07) is 6.73. The zero-order valence-electron chi connectivity index (χ0n) is 13.5. The Morgan fingerprint density at radius 3 is 2.40 bits per heavy atom. The van der Waals surface area contributed by atoms with E-state index in [0.717, 1.165) is 28.9 Å². The van der Waals surface area contributed by atoms with Crippen molar-refractivity contribution in [1.82, 2.24) is 9.97 Å². The van der Waals surface area contributed by atoms with Gasteiger partial charge in [-0.3, -0.25) is 0 Å². The van der Waals surface area contributed by atoms with Crippen molar-refractivity contribution in [2.24, 2.45) is 0 Å². The topological polar surface area (TPSA) is 49.2 Å². The monoisotopic (exact) mass is 387 g/mol. The molecule has 2 heterocycles. The van der Waals surface area contributed by atoms with E-state index in [9.17, 15) is 18.3 Å². The van der Waals surface area contributed by atoms with Gasteiger partial charge < -0.3 is 10.0 Å². The molecule has 0 spiro atoms. The molecule has 0 aliphatic heterocycles. The molecule has 1 atom stereocenters. The molecule has 0 fully saturated rings. The number of nitrogens with zero attached hydrogens (tertiary/aromatic N) is 3. The molecule has 0 saturated heterocycles. The Bertz CT molecular complexity index is 840. The maximum atomic E-state index is 13.9. The molecule has 0 saturated carbocycles. The minimum absolute atomic E-state index is 0.277. The minimum atomic E-state index is -4.91. The van der Waals surface area contributed by atoms with Crippen LogP contribution in [0, 0.1) is 0 Å². The Morgan fingerprint density at radius 2 is 1.80 bits per heavy atom. The molecule has 2 aromatic heterocycles. The number of rotatable bonds is 5. The number of hydrogen-bond acceptors (Lipinski definition) is 6. The van der Waals surface area contributed by atoms with Gasteiger partial charge in [-0.1, -0.05) is 23.5 Å². The zero-order chi connectivity index (χ0) is 18.2. The van der Waals surface area contributed by atoms with Gasteiger partial charge in [0.15, 0.2) is 5.13 Å². The van der Waals surface area contributed by atoms with Crippen LogP contribution >= 0.6 is 22.7 Å². The van der Waals surface area contributed by atoms with Crippen molar-refractivity contribution >= 4 is 38.0 Å². The smallest absolute Gasteiger partial charge is 0.370 e. The standard InChI is InChI=1S/C16H16F3N3OS2/c1-3-22(4-2)14-20-9-12(25-14)15(23,16(17,18)19)13-21-10-7-5-6-8-11(10)24-13/h5-9,23H,3-4H2,1-2H3/t15-/m1/s1. The highest BCUT2D eigenvalue weighted by atomic mass is 32.1. The number of alkyl halides is 3. The highest BCUT2D eigenvalue weighted by molar-refractivity contribution is 7.19. The third kappa shape index (κ3) is 3.00. The van der Waals surface area contributed by atoms with E-state index in [1.807, 2.05) is 18.7 Å². The van der Waals surface area contributed by atoms with Gasteiger partial charge in [-0.05, 0) is 26.0 Å². The van der Waals surface area contributed by atoms with Crippen molar-refractivity contribution in [3.05, 3.63) is 40.3 Å². The molecule has 1 aromatic carbocycles. The molecule has 1 N–H and O–H groups in total. The first-order valence-electron chi connectivity index (χ1n) is 7.67. The van der Waals surface area contributed by atoms with Crippen molar-refractivity contribution < 1.29 is 18.3 Å². The first kappa shape index (κ1) is 18.1. The first-order chi connectivity index (χ1) is 11.8. The molecule has 25 heavy (non-hydrogen) atoms. The van der Waals surface area contributed by atoms with Gasteiger partial charge in [-0.25, -0.2) is 9.97 Å². The summed E-state index contributed by atoms with van der Waals surface area (Å²) in [5, 5.41) is 10.8. The van der Waals surface area contributed by atoms with Crippen molar-refractivity contribution in [2.75, 3.05) is 18.0 Å². The molecule has 0 unspecified atom stereocenters. The summed E-state index contributed by atoms with van der Waals surface area (Å²) in [5.74, 6) is 0. The summed E-state index contributed by atoms with van der Waals surface area (Å²) in [5.41, 5.74) is -2.74. The SMILES string of the molecule is CCN(CC)c1ncc([C@@](O)(c2nc3ccccc3s2)C(F)(F)F)s1. The van der Waals surface area contributed by atoms with Crippen molar-refractivity contribution in [1.29, 1.82) is 0 Å². The highest BCUT2D eigenvalue weighted by Crippen LogP contribution is 2.48. The third-order valence-corrected chi connectivity index (χ3v) is 6.21. The molecular weight excluding hydrogens is 371 g/mol. The van der Waals surface area contributed by atoms with E-state index >= 15 is 0 Å². The van der Waals surface area contributed by atoms with Crippen LogP contribution in [0.15, 0.2) is 30.5 Å². The number of aromatic nitrogens is 2. The van der Waals surface area contributed by atoms with E-state index in [4.69, 9.17) is 0 Å². The molecule has 134 valence electrons. The summed E-state index contributed by atoms with van der Waals surface area (Å²) >= 11 is 1.68. The Hall–Kier alpha value is -1.71. The lowest BCUT2D eigenvalue weighted by Crippen LogP contribution is -2.42. The molecule has 9 heteroatoms. The Labute approximate surface area is 150 Å². The minimum Gasteiger partial charge on any atom is -0.370 e. The predicted molar refractivity (Wildman–Crippen MR) is 94.3 cm³/mol. The highest BCUT2D eigenvalue weighted by Gasteiger charge is 2.59. The molecule has 4 nitrogen and oxygen atoms in total. The van der Waals surface area contributed by atoms with Gasteiger partial charge >= 0.3 is 6.18 Å². The molecule has 0 aliphatic rings. The number of thiazole rings is 2. The normalized spacial score (nSPS) is 14.6. The summed E-state index contributed by atoms with van der Waals surface area (Å²) in [4.78, 5) is 9.67. The maximum Gasteiger partial charge on any atom is 0.429 e. The van der Waals surface area contributed by atoms with Crippen LogP contribution in [0.1, 0.15) is 23.7 Å². The Morgan fingerprint density at radius 1 is 1.12 bits per heavy atom. The van der Waals surface area contributed by atoms with Crippen LogP contribution in [0.4, 0.5) is 18.3 Å². The lowest BCUT2D eigenvalue weighted by atomic mass is 10.0. The first-order valence-corrected chi connectivity index (χ1v) is 9.31. The fourth-order valence-corrected chi connectivity index (χ4v) is 4.78. The van der Waals surface area contributed by atoms with Crippen molar-refractivity contribution in [2.45, 2.75) is 25.6 Å². The fourth-order valence-electron chi connectivity index (χ4n) is 2.47. The summed E-state index contributed by atoms with van der Waals surface area (Å²) < 4.78 is 42.2. The van der Waals surface area contributed by atoms with Crippen LogP contribution in [-0.2, 0) is 5.60 Å². The number of aliphatic hydroxyl groups is 1. The van der Waals surface area contributed by atoms with Gasteiger partial charge in [0.25, 0.3) is 0 Å². The van der Waals surface area contributed by atoms with E-state index < -0.39 is 16.8 Å². The van der Waals surface area contributed by atoms with Crippen LogP contribution in [0.5, 0.6) is 0 Å². The summed E-state index contributed by atoms with van der Waals surface area (Å²) in [7, 11) is 0. The average Bonchev–Trinajstić information content (AvgIpc) is 3.21. The summed E-state index contributed by atoms with van der Waals surface area (Å²) in [6.07, 6.45) is -3.81. The van der Waals surface area contributed by atoms with E-state index in [2.05, 4.69) is 9.97 Å². The average molecular weight is 387 g/mol. The van der Waals surface area contributed by atoms with Crippen LogP contribution < -0.4 is 4.90 Å². The zero-order valence-corrected chi connectivity index (χ0v) is 15.2. The number of para-hydroxylation sites is 1. The van der Waals surface area contributed by atoms with E-state index in [1.54, 1.807) is 24.3 Å². The largest absolute Gasteiger partial charge is 0.429 e. The number of fused-ring (bicyclic) bond motifs is 1. The van der Waals surface area contributed by atoms with Gasteiger partial charge in [0.1, 0.15) is 5.01 Å². The maximum absolute atomic E-state index is 13.9. The van der Waals surface area contributed by atoms with Gasteiger partial charge in [-0.2, -0.15) is 13.2 Å².